The zero-order valence-corrected chi connectivity index (χ0v) is 16.6. The van der Waals surface area contributed by atoms with E-state index in [2.05, 4.69) is 15.5 Å². The van der Waals surface area contributed by atoms with E-state index in [1.54, 1.807) is 7.11 Å². The maximum Gasteiger partial charge on any atom is 0.223 e. The highest BCUT2D eigenvalue weighted by Gasteiger charge is 2.41. The third kappa shape index (κ3) is 3.55. The molecule has 5 rings (SSSR count). The van der Waals surface area contributed by atoms with Gasteiger partial charge in [0.15, 0.2) is 0 Å². The van der Waals surface area contributed by atoms with Crippen molar-refractivity contribution in [3.8, 4) is 11.5 Å². The molecule has 1 aliphatic carbocycles. The molecule has 0 N–H and O–H groups in total. The van der Waals surface area contributed by atoms with E-state index in [1.165, 1.54) is 0 Å². The third-order valence-corrected chi connectivity index (χ3v) is 5.84. The fourth-order valence-corrected chi connectivity index (χ4v) is 4.21. The molecular weight excluding hydrogens is 366 g/mol. The molecule has 0 radical (unpaired) electrons. The molecule has 2 aliphatic rings. The molecule has 6 heteroatoms. The Labute approximate surface area is 170 Å². The Hall–Kier alpha value is -3.02. The van der Waals surface area contributed by atoms with Crippen LogP contribution in [0.3, 0.4) is 0 Å². The summed E-state index contributed by atoms with van der Waals surface area (Å²) in [5.41, 5.74) is 2.07. The van der Waals surface area contributed by atoms with Crippen molar-refractivity contribution in [1.82, 2.24) is 14.5 Å². The van der Waals surface area contributed by atoms with Crippen LogP contribution in [0.15, 0.2) is 48.5 Å². The second-order valence-electron chi connectivity index (χ2n) is 7.81. The maximum absolute atomic E-state index is 12.5. The molecule has 1 saturated carbocycles. The van der Waals surface area contributed by atoms with Gasteiger partial charge in [-0.05, 0) is 49.2 Å². The van der Waals surface area contributed by atoms with Gasteiger partial charge in [0, 0.05) is 24.9 Å². The third-order valence-electron chi connectivity index (χ3n) is 5.84. The van der Waals surface area contributed by atoms with Crippen molar-refractivity contribution < 1.29 is 14.3 Å². The van der Waals surface area contributed by atoms with Crippen LogP contribution in [0.2, 0.25) is 0 Å². The van der Waals surface area contributed by atoms with Gasteiger partial charge in [-0.3, -0.25) is 4.79 Å². The van der Waals surface area contributed by atoms with Gasteiger partial charge in [-0.25, -0.2) is 4.98 Å². The first-order chi connectivity index (χ1) is 14.2. The van der Waals surface area contributed by atoms with Crippen molar-refractivity contribution >= 4 is 16.9 Å². The molecule has 1 aromatic heterocycles. The van der Waals surface area contributed by atoms with Crippen molar-refractivity contribution in [2.45, 2.75) is 37.8 Å². The van der Waals surface area contributed by atoms with Gasteiger partial charge >= 0.3 is 0 Å². The monoisotopic (exact) mass is 391 g/mol. The van der Waals surface area contributed by atoms with E-state index >= 15 is 0 Å². The van der Waals surface area contributed by atoms with Gasteiger partial charge in [-0.2, -0.15) is 0 Å². The molecule has 1 aliphatic heterocycles. The lowest BCUT2D eigenvalue weighted by Gasteiger charge is -2.16. The number of hydrogen-bond acceptors (Lipinski definition) is 4. The number of imidazole rings is 1. The summed E-state index contributed by atoms with van der Waals surface area (Å²) in [7, 11) is 1.65. The van der Waals surface area contributed by atoms with E-state index < -0.39 is 0 Å². The smallest absolute Gasteiger partial charge is 0.223 e. The maximum atomic E-state index is 12.5. The van der Waals surface area contributed by atoms with E-state index in [0.29, 0.717) is 25.6 Å². The van der Waals surface area contributed by atoms with Crippen molar-refractivity contribution in [2.24, 2.45) is 0 Å². The summed E-state index contributed by atoms with van der Waals surface area (Å²) in [6, 6.07) is 16.2. The van der Waals surface area contributed by atoms with Crippen LogP contribution in [0.5, 0.6) is 11.5 Å². The number of likely N-dealkylation sites (tertiary alicyclic amines) is 1. The fourth-order valence-electron chi connectivity index (χ4n) is 4.21. The zero-order chi connectivity index (χ0) is 19.8. The summed E-state index contributed by atoms with van der Waals surface area (Å²) in [5, 5.41) is 0. The largest absolute Gasteiger partial charge is 0.497 e. The second kappa shape index (κ2) is 7.43. The van der Waals surface area contributed by atoms with Crippen LogP contribution in [-0.2, 0) is 11.3 Å². The Balaban J connectivity index is 1.35. The highest BCUT2D eigenvalue weighted by molar-refractivity contribution is 5.81. The van der Waals surface area contributed by atoms with Crippen LogP contribution in [0, 0.1) is 0 Å². The predicted molar refractivity (Wildman–Crippen MR) is 110 cm³/mol. The number of carbonyl (C=O) groups is 1. The summed E-state index contributed by atoms with van der Waals surface area (Å²) in [4.78, 5) is 19.4. The number of aromatic nitrogens is 2. The molecule has 1 atom stereocenters. The van der Waals surface area contributed by atoms with Crippen molar-refractivity contribution in [1.29, 1.82) is 0 Å². The lowest BCUT2D eigenvalue weighted by Crippen LogP contribution is -2.27. The Morgan fingerprint density at radius 2 is 1.83 bits per heavy atom. The first kappa shape index (κ1) is 18.0. The molecule has 0 spiro atoms. The molecule has 2 aromatic carbocycles. The highest BCUT2D eigenvalue weighted by atomic mass is 16.5. The van der Waals surface area contributed by atoms with Crippen LogP contribution >= 0.6 is 0 Å². The van der Waals surface area contributed by atoms with Gasteiger partial charge in [0.05, 0.1) is 24.7 Å². The van der Waals surface area contributed by atoms with Crippen LogP contribution in [0.1, 0.15) is 31.0 Å². The minimum absolute atomic E-state index is 0.150. The minimum atomic E-state index is 0.150. The second-order valence-corrected chi connectivity index (χ2v) is 7.81. The van der Waals surface area contributed by atoms with Crippen molar-refractivity contribution in [2.75, 3.05) is 20.3 Å². The zero-order valence-electron chi connectivity index (χ0n) is 16.6. The number of fused-ring (bicyclic) bond motifs is 1. The summed E-state index contributed by atoms with van der Waals surface area (Å²) in [6.07, 6.45) is 2.84. The normalized spacial score (nSPS) is 19.1. The van der Waals surface area contributed by atoms with Gasteiger partial charge in [0.25, 0.3) is 0 Å². The number of amides is 1. The molecule has 29 heavy (non-hydrogen) atoms. The summed E-state index contributed by atoms with van der Waals surface area (Å²) < 4.78 is 13.4. The lowest BCUT2D eigenvalue weighted by molar-refractivity contribution is -0.128. The van der Waals surface area contributed by atoms with Crippen molar-refractivity contribution in [3.05, 3.63) is 54.4 Å². The fraction of sp³-hybridized carbons (Fsp3) is 0.391. The summed E-state index contributed by atoms with van der Waals surface area (Å²) in [6.45, 7) is 2.01. The van der Waals surface area contributed by atoms with Crippen LogP contribution < -0.4 is 9.47 Å². The Morgan fingerprint density at radius 3 is 2.59 bits per heavy atom. The molecular formula is C23H25N3O3. The average Bonchev–Trinajstić information content (AvgIpc) is 3.42. The minimum Gasteiger partial charge on any atom is -0.497 e. The lowest BCUT2D eigenvalue weighted by atomic mass is 10.1. The van der Waals surface area contributed by atoms with E-state index in [-0.39, 0.29) is 11.8 Å². The molecule has 6 nitrogen and oxygen atoms in total. The quantitative estimate of drug-likeness (QED) is 0.618. The molecule has 1 saturated heterocycles. The van der Waals surface area contributed by atoms with Gasteiger partial charge in [-0.1, -0.05) is 12.1 Å². The summed E-state index contributed by atoms with van der Waals surface area (Å²) >= 11 is 0. The molecule has 3 aromatic rings. The van der Waals surface area contributed by atoms with Crippen LogP contribution in [0.25, 0.3) is 11.0 Å². The first-order valence-electron chi connectivity index (χ1n) is 10.2. The summed E-state index contributed by atoms with van der Waals surface area (Å²) in [5.74, 6) is 3.04. The number of nitrogens with zero attached hydrogens (tertiary/aromatic N) is 3. The van der Waals surface area contributed by atoms with Gasteiger partial charge in [-0.15, -0.1) is 0 Å². The molecule has 150 valence electrons. The number of benzene rings is 2. The molecule has 1 amide bonds. The van der Waals surface area contributed by atoms with Crippen molar-refractivity contribution in [3.63, 3.8) is 0 Å². The number of carbonyl (C=O) groups excluding carboxylic acids is 1. The first-order valence-corrected chi connectivity index (χ1v) is 10.2. The Bertz CT molecular complexity index is 1020. The number of ether oxygens (including phenoxy) is 2. The molecule has 0 bridgehead atoms. The molecule has 2 fully saturated rings. The number of rotatable bonds is 7. The molecule has 1 unspecified atom stereocenters. The number of methoxy groups -OCH3 is 1. The van der Waals surface area contributed by atoms with Gasteiger partial charge in [0.2, 0.25) is 5.91 Å². The van der Waals surface area contributed by atoms with Crippen LogP contribution in [0.4, 0.5) is 0 Å². The molecule has 2 heterocycles. The average molecular weight is 391 g/mol. The standard InChI is InChI=1S/C23H25N3O3/c1-28-18-8-10-19(11-9-18)29-13-12-25-21-5-3-2-4-20(21)24-23(25)16-14-22(27)26(15-16)17-6-7-17/h2-5,8-11,16-17H,6-7,12-15H2,1H3. The number of hydrogen-bond donors (Lipinski definition) is 0. The Morgan fingerprint density at radius 1 is 1.07 bits per heavy atom. The number of para-hydroxylation sites is 2. The Kier molecular flexibility index (Phi) is 4.62. The van der Waals surface area contributed by atoms with Gasteiger partial charge < -0.3 is 18.9 Å². The van der Waals surface area contributed by atoms with Gasteiger partial charge in [0.1, 0.15) is 23.9 Å². The van der Waals surface area contributed by atoms with E-state index in [1.807, 2.05) is 42.5 Å². The van der Waals surface area contributed by atoms with Crippen LogP contribution in [-0.4, -0.2) is 46.7 Å². The van der Waals surface area contributed by atoms with E-state index in [0.717, 1.165) is 47.7 Å². The van der Waals surface area contributed by atoms with E-state index in [4.69, 9.17) is 14.5 Å². The topological polar surface area (TPSA) is 56.6 Å². The SMILES string of the molecule is COc1ccc(OCCn2c(C3CC(=O)N(C4CC4)C3)nc3ccccc32)cc1. The predicted octanol–water partition coefficient (Wildman–Crippen LogP) is 3.60. The highest BCUT2D eigenvalue weighted by Crippen LogP contribution is 2.37. The van der Waals surface area contributed by atoms with E-state index in [9.17, 15) is 4.79 Å².